The number of nitrogens with one attached hydrogen (secondary N) is 1. The van der Waals surface area contributed by atoms with Crippen LogP contribution < -0.4 is 15.8 Å². The van der Waals surface area contributed by atoms with Gasteiger partial charge in [0.05, 0.1) is 10.8 Å². The number of aromatic amines is 1. The zero-order valence-electron chi connectivity index (χ0n) is 19.7. The van der Waals surface area contributed by atoms with Crippen molar-refractivity contribution < 1.29 is 4.98 Å². The normalized spacial score (nSPS) is 12.1. The van der Waals surface area contributed by atoms with Crippen molar-refractivity contribution in [3.05, 3.63) is 118 Å². The topological polar surface area (TPSA) is 35.6 Å². The standard InChI is InChI=1S/C31H26N2O/c1-4-22-18-25(17-11-12-21(2)3)31(34)33-29-27(24-15-9-6-10-16-24)19-26(20-28(29)32-30(22)33)23-13-7-5-8-14-23/h4-20H,1-3H3/p+1/b17-11-,22-4+. The molecule has 2 aromatic heterocycles. The Balaban J connectivity index is 1.91. The number of hydrogen-bond acceptors (Lipinski definition) is 1. The van der Waals surface area contributed by atoms with Crippen molar-refractivity contribution in [1.82, 2.24) is 4.40 Å². The number of allylic oxidation sites excluding steroid dienone is 3. The summed E-state index contributed by atoms with van der Waals surface area (Å²) in [5.74, 6) is 0. The lowest BCUT2D eigenvalue weighted by Gasteiger charge is -2.06. The lowest BCUT2D eigenvalue weighted by molar-refractivity contribution is -0.312. The van der Waals surface area contributed by atoms with Gasteiger partial charge in [0.2, 0.25) is 0 Å². The molecule has 0 saturated heterocycles. The van der Waals surface area contributed by atoms with Crippen LogP contribution in [0.25, 0.3) is 51.1 Å². The van der Waals surface area contributed by atoms with E-state index in [2.05, 4.69) is 41.4 Å². The van der Waals surface area contributed by atoms with Crippen LogP contribution in [0.3, 0.4) is 0 Å². The minimum absolute atomic E-state index is 0.0325. The van der Waals surface area contributed by atoms with Crippen LogP contribution >= 0.6 is 0 Å². The molecule has 1 N–H and O–H groups in total. The molecule has 0 atom stereocenters. The summed E-state index contributed by atoms with van der Waals surface area (Å²) in [6.45, 7) is 6.09. The van der Waals surface area contributed by atoms with Crippen molar-refractivity contribution >= 4 is 28.8 Å². The van der Waals surface area contributed by atoms with E-state index in [1.807, 2.05) is 91.9 Å². The highest BCUT2D eigenvalue weighted by molar-refractivity contribution is 5.96. The van der Waals surface area contributed by atoms with E-state index in [0.717, 1.165) is 44.2 Å². The van der Waals surface area contributed by atoms with Crippen molar-refractivity contribution in [2.24, 2.45) is 0 Å². The van der Waals surface area contributed by atoms with E-state index >= 15 is 0 Å². The molecule has 0 amide bonds. The number of nitrogens with zero attached hydrogens (tertiary/aromatic N) is 1. The van der Waals surface area contributed by atoms with Crippen LogP contribution in [0.15, 0.2) is 101 Å². The summed E-state index contributed by atoms with van der Waals surface area (Å²) in [6.07, 6.45) is 7.90. The minimum Gasteiger partial charge on any atom is -0.240 e. The molecule has 0 unspecified atom stereocenters. The Bertz CT molecular complexity index is 1670. The molecule has 5 aromatic rings. The maximum absolute atomic E-state index is 13.7. The van der Waals surface area contributed by atoms with Crippen molar-refractivity contribution in [2.45, 2.75) is 20.8 Å². The molecular weight excluding hydrogens is 416 g/mol. The van der Waals surface area contributed by atoms with E-state index < -0.39 is 0 Å². The average Bonchev–Trinajstić information content (AvgIpc) is 3.26. The third-order valence-electron chi connectivity index (χ3n) is 6.05. The molecule has 166 valence electrons. The van der Waals surface area contributed by atoms with Gasteiger partial charge >= 0.3 is 5.56 Å². The Labute approximate surface area is 199 Å². The molecule has 0 saturated carbocycles. The molecule has 0 fully saturated rings. The summed E-state index contributed by atoms with van der Waals surface area (Å²) in [7, 11) is 0. The third-order valence-corrected chi connectivity index (χ3v) is 6.05. The molecule has 3 nitrogen and oxygen atoms in total. The summed E-state index contributed by atoms with van der Waals surface area (Å²) in [6, 6.07) is 26.9. The molecule has 0 aliphatic heterocycles. The first kappa shape index (κ1) is 21.6. The number of H-pyrrole nitrogens is 1. The van der Waals surface area contributed by atoms with Gasteiger partial charge in [0, 0.05) is 5.56 Å². The van der Waals surface area contributed by atoms with Crippen LogP contribution in [0.2, 0.25) is 0 Å². The Hall–Kier alpha value is -4.24. The number of aromatic nitrogens is 2. The highest BCUT2D eigenvalue weighted by Gasteiger charge is 2.23. The summed E-state index contributed by atoms with van der Waals surface area (Å²) in [4.78, 5) is 17.3. The van der Waals surface area contributed by atoms with Gasteiger partial charge in [0.1, 0.15) is 0 Å². The fourth-order valence-corrected chi connectivity index (χ4v) is 4.42. The lowest BCUT2D eigenvalue weighted by Crippen LogP contribution is -2.25. The number of benzene rings is 3. The second-order valence-electron chi connectivity index (χ2n) is 8.71. The van der Waals surface area contributed by atoms with E-state index in [1.54, 1.807) is 0 Å². The molecule has 2 heterocycles. The fraction of sp³-hybridized carbons (Fsp3) is 0.0968. The Morgan fingerprint density at radius 3 is 2.18 bits per heavy atom. The predicted octanol–water partition coefficient (Wildman–Crippen LogP) is 6.10. The number of hydrogen-bond donors (Lipinski definition) is 0. The van der Waals surface area contributed by atoms with Gasteiger partial charge in [-0.25, -0.2) is 9.78 Å². The molecule has 0 aliphatic carbocycles. The third kappa shape index (κ3) is 3.86. The van der Waals surface area contributed by atoms with Gasteiger partial charge in [0.25, 0.3) is 5.65 Å². The fourth-order valence-electron chi connectivity index (χ4n) is 4.42. The highest BCUT2D eigenvalue weighted by Crippen LogP contribution is 2.32. The minimum atomic E-state index is -0.0325. The maximum Gasteiger partial charge on any atom is 0.346 e. The molecule has 0 spiro atoms. The number of fused-ring (bicyclic) bond motifs is 3. The van der Waals surface area contributed by atoms with E-state index in [-0.39, 0.29) is 5.56 Å². The van der Waals surface area contributed by atoms with Crippen molar-refractivity contribution in [1.29, 1.82) is 0 Å². The average molecular weight is 444 g/mol. The molecule has 3 heteroatoms. The second-order valence-corrected chi connectivity index (χ2v) is 8.71. The number of imidazole rings is 1. The Morgan fingerprint density at radius 1 is 0.853 bits per heavy atom. The van der Waals surface area contributed by atoms with E-state index in [9.17, 15) is 4.79 Å². The Morgan fingerprint density at radius 2 is 1.53 bits per heavy atom. The van der Waals surface area contributed by atoms with E-state index in [0.29, 0.717) is 5.56 Å². The molecule has 34 heavy (non-hydrogen) atoms. The van der Waals surface area contributed by atoms with E-state index in [1.165, 1.54) is 5.57 Å². The van der Waals surface area contributed by atoms with Gasteiger partial charge in [-0.2, -0.15) is 4.40 Å². The van der Waals surface area contributed by atoms with Gasteiger partial charge in [-0.15, -0.1) is 0 Å². The first-order valence-corrected chi connectivity index (χ1v) is 11.5. The van der Waals surface area contributed by atoms with Crippen LogP contribution in [0.1, 0.15) is 26.3 Å². The van der Waals surface area contributed by atoms with Gasteiger partial charge in [-0.1, -0.05) is 84.5 Å². The number of rotatable bonds is 4. The zero-order chi connectivity index (χ0) is 23.7. The summed E-state index contributed by atoms with van der Waals surface area (Å²) in [5, 5.41) is 0.993. The maximum atomic E-state index is 13.7. The summed E-state index contributed by atoms with van der Waals surface area (Å²) in [5.41, 5.74) is 8.80. The van der Waals surface area contributed by atoms with E-state index in [4.69, 9.17) is 0 Å². The lowest BCUT2D eigenvalue weighted by atomic mass is 9.97. The van der Waals surface area contributed by atoms with Crippen LogP contribution in [0, 0.1) is 0 Å². The van der Waals surface area contributed by atoms with Gasteiger partial charge in [-0.3, -0.25) is 0 Å². The monoisotopic (exact) mass is 443 g/mol. The zero-order valence-corrected chi connectivity index (χ0v) is 19.7. The SMILES string of the molecule is C/C=c1\cc(/C=C\C=C(C)C)c(=O)n2c1[nH+]c1cc(-c3ccccc3)cc(-c3ccccc3)c12. The van der Waals surface area contributed by atoms with Gasteiger partial charge in [-0.05, 0) is 61.7 Å². The molecule has 0 aliphatic rings. The molecular formula is C31H27N2O+. The Kier molecular flexibility index (Phi) is 5.69. The molecule has 0 bridgehead atoms. The predicted molar refractivity (Wildman–Crippen MR) is 142 cm³/mol. The highest BCUT2D eigenvalue weighted by atomic mass is 16.1. The number of pyridine rings is 1. The first-order valence-electron chi connectivity index (χ1n) is 11.5. The summed E-state index contributed by atoms with van der Waals surface area (Å²) < 4.78 is 1.84. The molecule has 0 radical (unpaired) electrons. The second kappa shape index (κ2) is 8.95. The van der Waals surface area contributed by atoms with Crippen LogP contribution in [-0.2, 0) is 0 Å². The van der Waals surface area contributed by atoms with Gasteiger partial charge in [0.15, 0.2) is 11.0 Å². The largest absolute Gasteiger partial charge is 0.346 e. The van der Waals surface area contributed by atoms with Crippen molar-refractivity contribution in [3.63, 3.8) is 0 Å². The molecule has 5 rings (SSSR count). The van der Waals surface area contributed by atoms with Crippen molar-refractivity contribution in [2.75, 3.05) is 0 Å². The quantitative estimate of drug-likeness (QED) is 0.309. The smallest absolute Gasteiger partial charge is 0.240 e. The van der Waals surface area contributed by atoms with Gasteiger partial charge < -0.3 is 0 Å². The van der Waals surface area contributed by atoms with Crippen LogP contribution in [-0.4, -0.2) is 4.40 Å². The van der Waals surface area contributed by atoms with Crippen molar-refractivity contribution in [3.8, 4) is 22.3 Å². The van der Waals surface area contributed by atoms with Crippen LogP contribution in [0.5, 0.6) is 0 Å². The molecule has 3 aromatic carbocycles. The summed E-state index contributed by atoms with van der Waals surface area (Å²) >= 11 is 0. The van der Waals surface area contributed by atoms with Crippen LogP contribution in [0.4, 0.5) is 0 Å². The first-order chi connectivity index (χ1) is 16.6.